The number of carbonyl (C=O) groups excluding carboxylic acids is 1. The van der Waals surface area contributed by atoms with E-state index in [9.17, 15) is 17.6 Å². The van der Waals surface area contributed by atoms with Crippen LogP contribution in [0.3, 0.4) is 0 Å². The summed E-state index contributed by atoms with van der Waals surface area (Å²) in [6, 6.07) is 13.0. The van der Waals surface area contributed by atoms with E-state index in [1.165, 1.54) is 16.4 Å². The van der Waals surface area contributed by atoms with Crippen molar-refractivity contribution in [3.05, 3.63) is 65.5 Å². The lowest BCUT2D eigenvalue weighted by molar-refractivity contribution is -0.123. The van der Waals surface area contributed by atoms with Crippen molar-refractivity contribution in [1.82, 2.24) is 14.5 Å². The second kappa shape index (κ2) is 10.6. The predicted molar refractivity (Wildman–Crippen MR) is 123 cm³/mol. The van der Waals surface area contributed by atoms with Gasteiger partial charge in [-0.15, -0.1) is 0 Å². The number of piperazine rings is 1. The van der Waals surface area contributed by atoms with E-state index in [1.54, 1.807) is 24.3 Å². The Morgan fingerprint density at radius 1 is 0.969 bits per heavy atom. The van der Waals surface area contributed by atoms with Crippen molar-refractivity contribution in [3.8, 4) is 0 Å². The van der Waals surface area contributed by atoms with Crippen molar-refractivity contribution >= 4 is 15.9 Å². The number of nitrogens with zero attached hydrogens (tertiary/aromatic N) is 2. The van der Waals surface area contributed by atoms with Gasteiger partial charge >= 0.3 is 0 Å². The molecule has 1 N–H and O–H groups in total. The molecule has 3 rings (SSSR count). The largest absolute Gasteiger partial charge is 0.348 e. The Bertz CT molecular complexity index is 1000. The number of amides is 1. The van der Waals surface area contributed by atoms with Crippen molar-refractivity contribution in [1.29, 1.82) is 0 Å². The first-order valence-electron chi connectivity index (χ1n) is 11.1. The van der Waals surface area contributed by atoms with E-state index < -0.39 is 10.0 Å². The van der Waals surface area contributed by atoms with E-state index in [1.807, 2.05) is 24.0 Å². The number of halogens is 1. The fourth-order valence-electron chi connectivity index (χ4n) is 3.81. The molecule has 1 aliphatic rings. The van der Waals surface area contributed by atoms with Gasteiger partial charge in [0.2, 0.25) is 15.9 Å². The summed E-state index contributed by atoms with van der Waals surface area (Å²) >= 11 is 0. The van der Waals surface area contributed by atoms with Crippen LogP contribution in [0.25, 0.3) is 0 Å². The van der Waals surface area contributed by atoms with Crippen LogP contribution >= 0.6 is 0 Å². The molecule has 2 aromatic carbocycles. The van der Waals surface area contributed by atoms with Crippen molar-refractivity contribution in [2.45, 2.75) is 44.0 Å². The van der Waals surface area contributed by atoms with Crippen LogP contribution in [0.5, 0.6) is 0 Å². The van der Waals surface area contributed by atoms with Crippen molar-refractivity contribution in [2.24, 2.45) is 0 Å². The van der Waals surface area contributed by atoms with Crippen LogP contribution in [0.15, 0.2) is 53.4 Å². The van der Waals surface area contributed by atoms with Gasteiger partial charge in [0.05, 0.1) is 17.5 Å². The molecule has 1 saturated heterocycles. The summed E-state index contributed by atoms with van der Waals surface area (Å²) in [5.74, 6) is -0.0578. The molecule has 1 aliphatic heterocycles. The summed E-state index contributed by atoms with van der Waals surface area (Å²) in [4.78, 5) is 14.7. The van der Waals surface area contributed by atoms with E-state index in [0.717, 1.165) is 17.5 Å². The molecule has 0 aliphatic carbocycles. The molecule has 0 spiro atoms. The van der Waals surface area contributed by atoms with Gasteiger partial charge in [-0.3, -0.25) is 9.69 Å². The highest BCUT2D eigenvalue weighted by molar-refractivity contribution is 7.89. The van der Waals surface area contributed by atoms with Crippen molar-refractivity contribution in [2.75, 3.05) is 32.7 Å². The lowest BCUT2D eigenvalue weighted by Crippen LogP contribution is -2.51. The van der Waals surface area contributed by atoms with E-state index in [0.29, 0.717) is 37.0 Å². The zero-order valence-electron chi connectivity index (χ0n) is 18.9. The predicted octanol–water partition coefficient (Wildman–Crippen LogP) is 3.52. The molecular weight excluding hydrogens is 429 g/mol. The molecule has 2 atom stereocenters. The number of rotatable bonds is 8. The Hall–Kier alpha value is -2.29. The molecular formula is C24H32FN3O3S. The molecule has 0 aromatic heterocycles. The number of hydrogen-bond acceptors (Lipinski definition) is 4. The zero-order valence-corrected chi connectivity index (χ0v) is 19.7. The highest BCUT2D eigenvalue weighted by Crippen LogP contribution is 2.23. The van der Waals surface area contributed by atoms with Gasteiger partial charge in [0, 0.05) is 26.2 Å². The summed E-state index contributed by atoms with van der Waals surface area (Å²) in [5.41, 5.74) is 1.96. The summed E-state index contributed by atoms with van der Waals surface area (Å²) < 4.78 is 40.5. The van der Waals surface area contributed by atoms with Gasteiger partial charge in [-0.05, 0) is 54.7 Å². The monoisotopic (exact) mass is 461 g/mol. The van der Waals surface area contributed by atoms with E-state index in [4.69, 9.17) is 0 Å². The third-order valence-corrected chi connectivity index (χ3v) is 8.06. The minimum atomic E-state index is -3.55. The Balaban J connectivity index is 1.51. The van der Waals surface area contributed by atoms with Gasteiger partial charge < -0.3 is 5.32 Å². The average Bonchev–Trinajstić information content (AvgIpc) is 2.79. The normalized spacial score (nSPS) is 17.6. The molecule has 1 heterocycles. The Morgan fingerprint density at radius 2 is 1.53 bits per heavy atom. The maximum atomic E-state index is 13.1. The maximum Gasteiger partial charge on any atom is 0.243 e. The van der Waals surface area contributed by atoms with Gasteiger partial charge in [-0.1, -0.05) is 38.1 Å². The first-order chi connectivity index (χ1) is 15.2. The van der Waals surface area contributed by atoms with Crippen LogP contribution in [-0.2, 0) is 14.8 Å². The average molecular weight is 462 g/mol. The number of carbonyl (C=O) groups is 1. The van der Waals surface area contributed by atoms with E-state index in [2.05, 4.69) is 19.2 Å². The second-order valence-electron chi connectivity index (χ2n) is 8.40. The molecule has 1 fully saturated rings. The minimum Gasteiger partial charge on any atom is -0.348 e. The second-order valence-corrected chi connectivity index (χ2v) is 10.3. The molecule has 0 saturated carbocycles. The van der Waals surface area contributed by atoms with Gasteiger partial charge in [0.15, 0.2) is 0 Å². The minimum absolute atomic E-state index is 0.140. The quantitative estimate of drug-likeness (QED) is 0.653. The smallest absolute Gasteiger partial charge is 0.243 e. The fraction of sp³-hybridized carbons (Fsp3) is 0.458. The molecule has 1 amide bonds. The molecule has 174 valence electrons. The van der Waals surface area contributed by atoms with Crippen LogP contribution in [-0.4, -0.2) is 56.3 Å². The molecule has 8 heteroatoms. The van der Waals surface area contributed by atoms with Crippen LogP contribution in [0, 0.1) is 5.82 Å². The maximum absolute atomic E-state index is 13.1. The SMILES string of the molecule is CC[C@H](C)c1ccc(S(=O)(=O)N2CCN(CC(=O)N[C@H](C)c3ccc(F)cc3)CC2)cc1. The summed E-state index contributed by atoms with van der Waals surface area (Å²) in [7, 11) is -3.55. The van der Waals surface area contributed by atoms with Crippen LogP contribution in [0.4, 0.5) is 4.39 Å². The third-order valence-electron chi connectivity index (χ3n) is 6.15. The first-order valence-corrected chi connectivity index (χ1v) is 12.5. The van der Waals surface area contributed by atoms with Crippen LogP contribution < -0.4 is 5.32 Å². The number of benzene rings is 2. The molecule has 6 nitrogen and oxygen atoms in total. The summed E-state index contributed by atoms with van der Waals surface area (Å²) in [5, 5.41) is 2.91. The Morgan fingerprint density at radius 3 is 2.09 bits per heavy atom. The van der Waals surface area contributed by atoms with Crippen LogP contribution in [0.1, 0.15) is 50.3 Å². The molecule has 0 bridgehead atoms. The topological polar surface area (TPSA) is 69.7 Å². The number of nitrogens with one attached hydrogen (secondary N) is 1. The Kier molecular flexibility index (Phi) is 8.03. The zero-order chi connectivity index (χ0) is 23.3. The van der Waals surface area contributed by atoms with Crippen molar-refractivity contribution < 1.29 is 17.6 Å². The highest BCUT2D eigenvalue weighted by atomic mass is 32.2. The summed E-state index contributed by atoms with van der Waals surface area (Å²) in [6.07, 6.45) is 1.00. The van der Waals surface area contributed by atoms with Crippen molar-refractivity contribution in [3.63, 3.8) is 0 Å². The number of sulfonamides is 1. The van der Waals surface area contributed by atoms with Gasteiger partial charge in [0.1, 0.15) is 5.82 Å². The molecule has 0 radical (unpaired) electrons. The van der Waals surface area contributed by atoms with Gasteiger partial charge in [-0.2, -0.15) is 4.31 Å². The standard InChI is InChI=1S/C24H32FN3O3S/c1-4-18(2)20-7-11-23(12-8-20)32(30,31)28-15-13-27(14-16-28)17-24(29)26-19(3)21-5-9-22(25)10-6-21/h5-12,18-19H,4,13-17H2,1-3H3,(H,26,29)/t18-,19+/m0/s1. The first kappa shape index (κ1) is 24.4. The molecule has 0 unspecified atom stereocenters. The third kappa shape index (κ3) is 5.94. The van der Waals surface area contributed by atoms with Crippen LogP contribution in [0.2, 0.25) is 0 Å². The van der Waals surface area contributed by atoms with E-state index >= 15 is 0 Å². The lowest BCUT2D eigenvalue weighted by Gasteiger charge is -2.33. The summed E-state index contributed by atoms with van der Waals surface area (Å²) in [6.45, 7) is 7.95. The Labute approximate surface area is 190 Å². The fourth-order valence-corrected chi connectivity index (χ4v) is 5.23. The van der Waals surface area contributed by atoms with Gasteiger partial charge in [-0.25, -0.2) is 12.8 Å². The lowest BCUT2D eigenvalue weighted by atomic mass is 9.99. The molecule has 2 aromatic rings. The number of hydrogen-bond donors (Lipinski definition) is 1. The highest BCUT2D eigenvalue weighted by Gasteiger charge is 2.29. The molecule has 32 heavy (non-hydrogen) atoms. The van der Waals surface area contributed by atoms with E-state index in [-0.39, 0.29) is 24.3 Å². The van der Waals surface area contributed by atoms with Gasteiger partial charge in [0.25, 0.3) is 0 Å².